The van der Waals surface area contributed by atoms with Crippen molar-refractivity contribution in [3.05, 3.63) is 41.5 Å². The molecular weight excluding hydrogens is 503 g/mol. The molecule has 1 saturated carbocycles. The molecule has 39 heavy (non-hydrogen) atoms. The van der Waals surface area contributed by atoms with Crippen molar-refractivity contribution in [3.63, 3.8) is 0 Å². The molecular formula is C32H42F3NO3. The number of rotatable bonds is 7. The number of hydrogen-bond acceptors (Lipinski definition) is 4. The number of nitrogens with zero attached hydrogens (tertiary/aromatic N) is 1. The Hall–Kier alpha value is -2.28. The molecule has 5 rings (SSSR count). The van der Waals surface area contributed by atoms with Crippen molar-refractivity contribution in [2.45, 2.75) is 115 Å². The molecule has 2 bridgehead atoms. The van der Waals surface area contributed by atoms with Gasteiger partial charge < -0.3 is 9.47 Å². The number of hydrogen-bond donors (Lipinski definition) is 0. The molecule has 2 saturated heterocycles. The van der Waals surface area contributed by atoms with Crippen LogP contribution in [0.1, 0.15) is 102 Å². The number of piperidine rings is 2. The highest BCUT2D eigenvalue weighted by atomic mass is 19.4. The first-order valence-corrected chi connectivity index (χ1v) is 14.9. The lowest BCUT2D eigenvalue weighted by atomic mass is 9.76. The minimum atomic E-state index is -4.51. The van der Waals surface area contributed by atoms with Gasteiger partial charge in [0, 0.05) is 18.1 Å². The predicted molar refractivity (Wildman–Crippen MR) is 147 cm³/mol. The summed E-state index contributed by atoms with van der Waals surface area (Å²) >= 11 is 0. The van der Waals surface area contributed by atoms with E-state index in [0.29, 0.717) is 11.3 Å². The van der Waals surface area contributed by atoms with Crippen molar-refractivity contribution in [3.8, 4) is 5.75 Å². The van der Waals surface area contributed by atoms with Crippen LogP contribution in [0.2, 0.25) is 0 Å². The van der Waals surface area contributed by atoms with E-state index in [1.165, 1.54) is 13.2 Å². The summed E-state index contributed by atoms with van der Waals surface area (Å²) in [5.41, 5.74) is 0.381. The quantitative estimate of drug-likeness (QED) is 0.327. The summed E-state index contributed by atoms with van der Waals surface area (Å²) in [6.45, 7) is 4.31. The maximum atomic E-state index is 14.4. The first kappa shape index (κ1) is 28.3. The number of benzene rings is 2. The zero-order valence-electron chi connectivity index (χ0n) is 23.4. The van der Waals surface area contributed by atoms with E-state index < -0.39 is 11.7 Å². The third-order valence-electron chi connectivity index (χ3n) is 9.65. The second kappa shape index (κ2) is 11.7. The summed E-state index contributed by atoms with van der Waals surface area (Å²) in [5.74, 6) is 0.412. The molecule has 7 heteroatoms. The zero-order valence-corrected chi connectivity index (χ0v) is 23.4. The minimum absolute atomic E-state index is 0.0471. The van der Waals surface area contributed by atoms with Crippen LogP contribution in [0.25, 0.3) is 10.8 Å². The first-order valence-electron chi connectivity index (χ1n) is 14.9. The second-order valence-corrected chi connectivity index (χ2v) is 11.9. The normalized spacial score (nSPS) is 28.7. The van der Waals surface area contributed by atoms with Crippen LogP contribution in [0.4, 0.5) is 13.2 Å². The molecule has 0 amide bonds. The molecule has 2 aromatic carbocycles. The van der Waals surface area contributed by atoms with Crippen molar-refractivity contribution in [1.82, 2.24) is 4.90 Å². The predicted octanol–water partition coefficient (Wildman–Crippen LogP) is 8.46. The maximum Gasteiger partial charge on any atom is 0.420 e. The zero-order chi connectivity index (χ0) is 27.7. The SMILES string of the molecule is CCC(c1ccc2c(C(F)(F)F)c(O[C@H]3CC[C@@H](CC)CC3)ccc2c1)N1C2CCCC1CC(C(=O)OC)C2. The standard InChI is InChI=1S/C32H42F3NO3/c1-4-20-9-13-26(14-10-20)39-29-16-12-21-17-22(11-15-27(21)30(29)32(33,34)35)28(5-2)36-24-7-6-8-25(36)19-23(18-24)31(37)38-3/h11-12,15-17,20,23-26,28H,4-10,13-14,18-19H2,1-3H3/t20-,23?,24?,25?,26+,28?. The Bertz CT molecular complexity index is 1140. The highest BCUT2D eigenvalue weighted by Crippen LogP contribution is 2.46. The van der Waals surface area contributed by atoms with Crippen LogP contribution in [-0.2, 0) is 15.7 Å². The molecule has 3 aliphatic rings. The monoisotopic (exact) mass is 545 g/mol. The number of ether oxygens (including phenoxy) is 2. The van der Waals surface area contributed by atoms with Crippen LogP contribution in [0.3, 0.4) is 0 Å². The van der Waals surface area contributed by atoms with Gasteiger partial charge >= 0.3 is 12.1 Å². The Morgan fingerprint density at radius 3 is 2.28 bits per heavy atom. The number of alkyl halides is 3. The van der Waals surface area contributed by atoms with Gasteiger partial charge in [-0.15, -0.1) is 0 Å². The van der Waals surface area contributed by atoms with Gasteiger partial charge in [0.2, 0.25) is 0 Å². The van der Waals surface area contributed by atoms with Crippen molar-refractivity contribution >= 4 is 16.7 Å². The summed E-state index contributed by atoms with van der Waals surface area (Å²) in [5, 5.41) is 0.792. The molecule has 0 aromatic heterocycles. The summed E-state index contributed by atoms with van der Waals surface area (Å²) in [7, 11) is 1.46. The van der Waals surface area contributed by atoms with Gasteiger partial charge in [0.15, 0.2) is 0 Å². The van der Waals surface area contributed by atoms with Crippen molar-refractivity contribution in [2.24, 2.45) is 11.8 Å². The van der Waals surface area contributed by atoms with Crippen molar-refractivity contribution < 1.29 is 27.4 Å². The summed E-state index contributed by atoms with van der Waals surface area (Å²) in [6.07, 6.45) is 5.71. The number of halogens is 3. The van der Waals surface area contributed by atoms with E-state index in [1.807, 2.05) is 12.1 Å². The second-order valence-electron chi connectivity index (χ2n) is 11.9. The van der Waals surface area contributed by atoms with Gasteiger partial charge in [0.1, 0.15) is 11.3 Å². The van der Waals surface area contributed by atoms with E-state index in [2.05, 4.69) is 18.7 Å². The first-order chi connectivity index (χ1) is 18.7. The van der Waals surface area contributed by atoms with E-state index in [9.17, 15) is 18.0 Å². The average molecular weight is 546 g/mol. The van der Waals surface area contributed by atoms with Crippen LogP contribution < -0.4 is 4.74 Å². The van der Waals surface area contributed by atoms with E-state index in [4.69, 9.17) is 9.47 Å². The van der Waals surface area contributed by atoms with Crippen LogP contribution in [0, 0.1) is 11.8 Å². The number of fused-ring (bicyclic) bond motifs is 3. The number of methoxy groups -OCH3 is 1. The maximum absolute atomic E-state index is 14.4. The molecule has 3 fully saturated rings. The number of carbonyl (C=O) groups is 1. The fourth-order valence-corrected chi connectivity index (χ4v) is 7.67. The molecule has 3 atom stereocenters. The smallest absolute Gasteiger partial charge is 0.420 e. The molecule has 214 valence electrons. The van der Waals surface area contributed by atoms with E-state index in [-0.39, 0.29) is 47.3 Å². The Labute approximate surface area is 230 Å². The van der Waals surface area contributed by atoms with Crippen molar-refractivity contribution in [1.29, 1.82) is 0 Å². The van der Waals surface area contributed by atoms with Gasteiger partial charge in [-0.1, -0.05) is 44.9 Å². The van der Waals surface area contributed by atoms with E-state index in [0.717, 1.165) is 76.2 Å². The largest absolute Gasteiger partial charge is 0.490 e. The highest BCUT2D eigenvalue weighted by molar-refractivity contribution is 5.89. The Balaban J connectivity index is 1.43. The van der Waals surface area contributed by atoms with E-state index in [1.54, 1.807) is 12.1 Å². The van der Waals surface area contributed by atoms with Crippen LogP contribution in [-0.4, -0.2) is 36.2 Å². The molecule has 2 aromatic rings. The van der Waals surface area contributed by atoms with Crippen LogP contribution in [0.15, 0.2) is 30.3 Å². The molecule has 2 heterocycles. The van der Waals surface area contributed by atoms with Gasteiger partial charge in [-0.2, -0.15) is 13.2 Å². The average Bonchev–Trinajstić information content (AvgIpc) is 2.92. The third kappa shape index (κ3) is 5.79. The Kier molecular flexibility index (Phi) is 8.46. The Morgan fingerprint density at radius 2 is 1.69 bits per heavy atom. The van der Waals surface area contributed by atoms with Gasteiger partial charge in [0.05, 0.1) is 19.1 Å². The lowest BCUT2D eigenvalue weighted by molar-refractivity contribution is -0.151. The molecule has 4 nitrogen and oxygen atoms in total. The topological polar surface area (TPSA) is 38.8 Å². The molecule has 1 aliphatic carbocycles. The Morgan fingerprint density at radius 1 is 1.00 bits per heavy atom. The van der Waals surface area contributed by atoms with Gasteiger partial charge in [0.25, 0.3) is 0 Å². The highest BCUT2D eigenvalue weighted by Gasteiger charge is 2.44. The van der Waals surface area contributed by atoms with Gasteiger partial charge in [-0.3, -0.25) is 9.69 Å². The fraction of sp³-hybridized carbons (Fsp3) is 0.656. The lowest BCUT2D eigenvalue weighted by Crippen LogP contribution is -2.54. The minimum Gasteiger partial charge on any atom is -0.490 e. The van der Waals surface area contributed by atoms with Gasteiger partial charge in [-0.05, 0) is 92.2 Å². The molecule has 0 radical (unpaired) electrons. The third-order valence-corrected chi connectivity index (χ3v) is 9.65. The summed E-state index contributed by atoms with van der Waals surface area (Å²) in [4.78, 5) is 14.9. The molecule has 3 unspecified atom stereocenters. The van der Waals surface area contributed by atoms with E-state index >= 15 is 0 Å². The van der Waals surface area contributed by atoms with Crippen LogP contribution >= 0.6 is 0 Å². The summed E-state index contributed by atoms with van der Waals surface area (Å²) in [6, 6.07) is 9.45. The van der Waals surface area contributed by atoms with Gasteiger partial charge in [-0.25, -0.2) is 0 Å². The fourth-order valence-electron chi connectivity index (χ4n) is 7.67. The molecule has 0 spiro atoms. The summed E-state index contributed by atoms with van der Waals surface area (Å²) < 4.78 is 54.4. The molecule has 0 N–H and O–H groups in total. The molecule has 2 aliphatic heterocycles. The number of esters is 1. The van der Waals surface area contributed by atoms with Crippen molar-refractivity contribution in [2.75, 3.05) is 7.11 Å². The van der Waals surface area contributed by atoms with Crippen LogP contribution in [0.5, 0.6) is 5.75 Å². The number of carbonyl (C=O) groups excluding carboxylic acids is 1. The lowest BCUT2D eigenvalue weighted by Gasteiger charge is -2.51.